The molecule has 2 atom stereocenters. The van der Waals surface area contributed by atoms with Gasteiger partial charge in [-0.05, 0) is 60.9 Å². The molecule has 5 heteroatoms. The Balaban J connectivity index is 2.12. The molecule has 112 valence electrons. The summed E-state index contributed by atoms with van der Waals surface area (Å²) >= 11 is 3.38. The van der Waals surface area contributed by atoms with Gasteiger partial charge in [0.25, 0.3) is 0 Å². The minimum Gasteiger partial charge on any atom is -0.503 e. The van der Waals surface area contributed by atoms with Crippen molar-refractivity contribution in [2.75, 3.05) is 20.3 Å². The number of ether oxygens (including phenoxy) is 2. The Bertz CT molecular complexity index is 467. The van der Waals surface area contributed by atoms with E-state index in [1.807, 2.05) is 19.1 Å². The molecule has 2 rings (SSSR count). The molecule has 1 aromatic carbocycles. The van der Waals surface area contributed by atoms with Crippen LogP contribution in [-0.2, 0) is 11.3 Å². The average Bonchev–Trinajstić information content (AvgIpc) is 2.82. The van der Waals surface area contributed by atoms with Crippen molar-refractivity contribution >= 4 is 15.9 Å². The molecule has 0 aromatic heterocycles. The highest BCUT2D eigenvalue weighted by molar-refractivity contribution is 9.10. The first-order valence-electron chi connectivity index (χ1n) is 6.99. The molecular weight excluding hydrogens is 322 g/mol. The van der Waals surface area contributed by atoms with E-state index in [1.165, 1.54) is 0 Å². The van der Waals surface area contributed by atoms with Gasteiger partial charge in [0, 0.05) is 19.2 Å². The molecule has 1 N–H and O–H groups in total. The maximum absolute atomic E-state index is 9.94. The molecule has 20 heavy (non-hydrogen) atoms. The maximum atomic E-state index is 9.94. The lowest BCUT2D eigenvalue weighted by molar-refractivity contribution is 0.0814. The van der Waals surface area contributed by atoms with Gasteiger partial charge in [0.15, 0.2) is 11.5 Å². The van der Waals surface area contributed by atoms with Crippen molar-refractivity contribution in [1.29, 1.82) is 0 Å². The molecule has 0 spiro atoms. The molecule has 4 nitrogen and oxygen atoms in total. The van der Waals surface area contributed by atoms with Gasteiger partial charge in [-0.1, -0.05) is 0 Å². The lowest BCUT2D eigenvalue weighted by Gasteiger charge is -2.26. The summed E-state index contributed by atoms with van der Waals surface area (Å²) in [6.07, 6.45) is 1.34. The summed E-state index contributed by atoms with van der Waals surface area (Å²) in [7, 11) is 2.11. The zero-order valence-corrected chi connectivity index (χ0v) is 13.8. The van der Waals surface area contributed by atoms with Crippen LogP contribution >= 0.6 is 15.9 Å². The van der Waals surface area contributed by atoms with Crippen LogP contribution in [0.25, 0.3) is 0 Å². The number of hydrogen-bond acceptors (Lipinski definition) is 4. The summed E-state index contributed by atoms with van der Waals surface area (Å²) in [6, 6.07) is 4.29. The number of halogens is 1. The van der Waals surface area contributed by atoms with Gasteiger partial charge in [-0.2, -0.15) is 0 Å². The normalized spacial score (nSPS) is 22.4. The highest BCUT2D eigenvalue weighted by Gasteiger charge is 2.27. The van der Waals surface area contributed by atoms with Crippen LogP contribution in [0.3, 0.4) is 0 Å². The Morgan fingerprint density at radius 3 is 2.85 bits per heavy atom. The van der Waals surface area contributed by atoms with Crippen LogP contribution in [0, 0.1) is 0 Å². The zero-order valence-electron chi connectivity index (χ0n) is 12.2. The third-order valence-electron chi connectivity index (χ3n) is 3.72. The van der Waals surface area contributed by atoms with Crippen LogP contribution in [0.15, 0.2) is 16.6 Å². The van der Waals surface area contributed by atoms with Gasteiger partial charge < -0.3 is 14.6 Å². The average molecular weight is 344 g/mol. The van der Waals surface area contributed by atoms with Crippen molar-refractivity contribution in [3.8, 4) is 11.5 Å². The summed E-state index contributed by atoms with van der Waals surface area (Å²) < 4.78 is 11.7. The van der Waals surface area contributed by atoms with E-state index in [2.05, 4.69) is 34.8 Å². The van der Waals surface area contributed by atoms with Gasteiger partial charge in [-0.25, -0.2) is 0 Å². The van der Waals surface area contributed by atoms with Gasteiger partial charge in [0.1, 0.15) is 0 Å². The maximum Gasteiger partial charge on any atom is 0.172 e. The van der Waals surface area contributed by atoms with Crippen molar-refractivity contribution in [1.82, 2.24) is 4.90 Å². The number of hydrogen-bond donors (Lipinski definition) is 1. The molecule has 0 aliphatic carbocycles. The van der Waals surface area contributed by atoms with E-state index in [9.17, 15) is 5.11 Å². The van der Waals surface area contributed by atoms with E-state index < -0.39 is 0 Å². The minimum absolute atomic E-state index is 0.163. The fourth-order valence-corrected chi connectivity index (χ4v) is 3.18. The highest BCUT2D eigenvalue weighted by atomic mass is 79.9. The van der Waals surface area contributed by atoms with Gasteiger partial charge in [0.05, 0.1) is 17.2 Å². The number of benzene rings is 1. The smallest absolute Gasteiger partial charge is 0.172 e. The van der Waals surface area contributed by atoms with E-state index >= 15 is 0 Å². The van der Waals surface area contributed by atoms with Crippen LogP contribution in [0.5, 0.6) is 11.5 Å². The third-order valence-corrected chi connectivity index (χ3v) is 4.33. The second-order valence-electron chi connectivity index (χ2n) is 5.20. The van der Waals surface area contributed by atoms with E-state index in [0.717, 1.165) is 25.1 Å². The van der Waals surface area contributed by atoms with Crippen LogP contribution in [0.4, 0.5) is 0 Å². The van der Waals surface area contributed by atoms with Gasteiger partial charge in [0.2, 0.25) is 0 Å². The minimum atomic E-state index is 0.163. The van der Waals surface area contributed by atoms with Crippen LogP contribution in [0.2, 0.25) is 0 Å². The Kier molecular flexibility index (Phi) is 5.29. The van der Waals surface area contributed by atoms with E-state index in [0.29, 0.717) is 22.9 Å². The first-order valence-corrected chi connectivity index (χ1v) is 7.78. The first-order chi connectivity index (χ1) is 9.52. The number of likely N-dealkylation sites (N-methyl/N-ethyl adjacent to an activating group) is 1. The second kappa shape index (κ2) is 6.78. The van der Waals surface area contributed by atoms with Crippen molar-refractivity contribution in [2.45, 2.75) is 39.0 Å². The molecule has 0 radical (unpaired) electrons. The summed E-state index contributed by atoms with van der Waals surface area (Å²) in [6.45, 7) is 6.19. The first kappa shape index (κ1) is 15.6. The third kappa shape index (κ3) is 3.45. The topological polar surface area (TPSA) is 41.9 Å². The Morgan fingerprint density at radius 1 is 1.50 bits per heavy atom. The van der Waals surface area contributed by atoms with Gasteiger partial charge >= 0.3 is 0 Å². The molecule has 1 fully saturated rings. The molecule has 1 aliphatic heterocycles. The summed E-state index contributed by atoms with van der Waals surface area (Å²) in [5, 5.41) is 9.94. The molecule has 0 amide bonds. The molecule has 1 heterocycles. The number of phenolic OH excluding ortho intramolecular Hbond substituents is 1. The lowest BCUT2D eigenvalue weighted by Crippen LogP contribution is -2.36. The summed E-state index contributed by atoms with van der Waals surface area (Å²) in [5.74, 6) is 0.691. The predicted octanol–water partition coefficient (Wildman–Crippen LogP) is 3.16. The van der Waals surface area contributed by atoms with Crippen LogP contribution < -0.4 is 4.74 Å². The van der Waals surface area contributed by atoms with Gasteiger partial charge in [-0.3, -0.25) is 4.90 Å². The predicted molar refractivity (Wildman–Crippen MR) is 82.3 cm³/mol. The molecule has 0 bridgehead atoms. The number of phenols is 1. The fourth-order valence-electron chi connectivity index (χ4n) is 2.69. The molecule has 2 unspecified atom stereocenters. The Morgan fingerprint density at radius 2 is 2.25 bits per heavy atom. The molecule has 1 aliphatic rings. The summed E-state index contributed by atoms with van der Waals surface area (Å²) in [5.41, 5.74) is 1.11. The van der Waals surface area contributed by atoms with Gasteiger partial charge in [-0.15, -0.1) is 0 Å². The SMILES string of the molecule is CCOc1cc(CN(C)C2CCOC2C)cc(Br)c1O. The van der Waals surface area contributed by atoms with Crippen LogP contribution in [0.1, 0.15) is 25.8 Å². The summed E-state index contributed by atoms with van der Waals surface area (Å²) in [4.78, 5) is 2.30. The van der Waals surface area contributed by atoms with Crippen molar-refractivity contribution in [2.24, 2.45) is 0 Å². The van der Waals surface area contributed by atoms with Crippen LogP contribution in [-0.4, -0.2) is 42.4 Å². The molecular formula is C15H22BrNO3. The number of aromatic hydroxyl groups is 1. The number of rotatable bonds is 5. The van der Waals surface area contributed by atoms with E-state index in [1.54, 1.807) is 0 Å². The quantitative estimate of drug-likeness (QED) is 0.891. The second-order valence-corrected chi connectivity index (χ2v) is 6.06. The standard InChI is InChI=1S/C15H22BrNO3/c1-4-19-14-8-11(7-12(16)15(14)18)9-17(3)13-5-6-20-10(13)2/h7-8,10,13,18H,4-6,9H2,1-3H3. The molecule has 1 aromatic rings. The number of nitrogens with zero attached hydrogens (tertiary/aromatic N) is 1. The Labute approximate surface area is 128 Å². The van der Waals surface area contributed by atoms with Crippen molar-refractivity contribution in [3.63, 3.8) is 0 Å². The molecule has 0 saturated carbocycles. The van der Waals surface area contributed by atoms with Crippen molar-refractivity contribution < 1.29 is 14.6 Å². The molecule has 1 saturated heterocycles. The monoisotopic (exact) mass is 343 g/mol. The van der Waals surface area contributed by atoms with E-state index in [4.69, 9.17) is 9.47 Å². The highest BCUT2D eigenvalue weighted by Crippen LogP contribution is 2.36. The zero-order chi connectivity index (χ0) is 14.7. The fraction of sp³-hybridized carbons (Fsp3) is 0.600. The van der Waals surface area contributed by atoms with Crippen molar-refractivity contribution in [3.05, 3.63) is 22.2 Å². The lowest BCUT2D eigenvalue weighted by atomic mass is 10.1. The van der Waals surface area contributed by atoms with E-state index in [-0.39, 0.29) is 11.9 Å². The Hall–Kier alpha value is -0.780. The largest absolute Gasteiger partial charge is 0.503 e.